The molecule has 0 aliphatic carbocycles. The predicted octanol–water partition coefficient (Wildman–Crippen LogP) is 3.79. The van der Waals surface area contributed by atoms with Gasteiger partial charge in [-0.2, -0.15) is 0 Å². The second-order valence-corrected chi connectivity index (χ2v) is 4.74. The third-order valence-corrected chi connectivity index (χ3v) is 3.01. The highest BCUT2D eigenvalue weighted by Crippen LogP contribution is 2.21. The molecule has 4 heteroatoms. The summed E-state index contributed by atoms with van der Waals surface area (Å²) in [5.74, 6) is 5.87. The van der Waals surface area contributed by atoms with Gasteiger partial charge in [-0.3, -0.25) is 0 Å². The van der Waals surface area contributed by atoms with Crippen LogP contribution in [-0.2, 0) is 6.61 Å². The van der Waals surface area contributed by atoms with Crippen molar-refractivity contribution in [3.8, 4) is 17.6 Å². The SMILES string of the molecule is OCCC#Cc1ccc(COc2ccc(F)c(Cl)c2)cc1. The predicted molar refractivity (Wildman–Crippen MR) is 80.8 cm³/mol. The van der Waals surface area contributed by atoms with Crippen LogP contribution >= 0.6 is 11.6 Å². The van der Waals surface area contributed by atoms with Crippen molar-refractivity contribution in [1.82, 2.24) is 0 Å². The molecule has 0 unspecified atom stereocenters. The fourth-order valence-corrected chi connectivity index (χ4v) is 1.81. The molecule has 21 heavy (non-hydrogen) atoms. The maximum absolute atomic E-state index is 13.0. The van der Waals surface area contributed by atoms with E-state index in [4.69, 9.17) is 21.4 Å². The molecule has 0 radical (unpaired) electrons. The molecule has 0 aromatic heterocycles. The second kappa shape index (κ2) is 7.68. The summed E-state index contributed by atoms with van der Waals surface area (Å²) in [5, 5.41) is 8.69. The van der Waals surface area contributed by atoms with Crippen LogP contribution in [0.1, 0.15) is 17.5 Å². The van der Waals surface area contributed by atoms with Crippen molar-refractivity contribution in [1.29, 1.82) is 0 Å². The molecule has 2 aromatic carbocycles. The summed E-state index contributed by atoms with van der Waals surface area (Å²) in [7, 11) is 0. The molecule has 0 heterocycles. The first-order valence-corrected chi connectivity index (χ1v) is 6.83. The van der Waals surface area contributed by atoms with Crippen LogP contribution < -0.4 is 4.74 Å². The van der Waals surface area contributed by atoms with Crippen molar-refractivity contribution in [2.75, 3.05) is 6.61 Å². The summed E-state index contributed by atoms with van der Waals surface area (Å²) in [5.41, 5.74) is 1.86. The fraction of sp³-hybridized carbons (Fsp3) is 0.176. The van der Waals surface area contributed by atoms with Gasteiger partial charge in [-0.25, -0.2) is 4.39 Å². The Kier molecular flexibility index (Phi) is 5.62. The minimum absolute atomic E-state index is 0.0435. The smallest absolute Gasteiger partial charge is 0.142 e. The second-order valence-electron chi connectivity index (χ2n) is 4.34. The molecular weight excluding hydrogens is 291 g/mol. The van der Waals surface area contributed by atoms with Gasteiger partial charge < -0.3 is 9.84 Å². The van der Waals surface area contributed by atoms with Crippen molar-refractivity contribution in [3.63, 3.8) is 0 Å². The average molecular weight is 305 g/mol. The lowest BCUT2D eigenvalue weighted by atomic mass is 10.1. The summed E-state index contributed by atoms with van der Waals surface area (Å²) in [6, 6.07) is 11.9. The maximum Gasteiger partial charge on any atom is 0.142 e. The first-order chi connectivity index (χ1) is 10.2. The largest absolute Gasteiger partial charge is 0.489 e. The van der Waals surface area contributed by atoms with E-state index in [1.165, 1.54) is 18.2 Å². The summed E-state index contributed by atoms with van der Waals surface area (Å²) in [6.45, 7) is 0.436. The summed E-state index contributed by atoms with van der Waals surface area (Å²) >= 11 is 5.69. The standard InChI is InChI=1S/C17H14ClFO2/c18-16-11-15(8-9-17(16)19)21-12-14-6-4-13(5-7-14)3-1-2-10-20/h4-9,11,20H,2,10,12H2. The lowest BCUT2D eigenvalue weighted by molar-refractivity contribution is 0.305. The molecule has 2 aromatic rings. The minimum Gasteiger partial charge on any atom is -0.489 e. The van der Waals surface area contributed by atoms with Crippen LogP contribution in [0.15, 0.2) is 42.5 Å². The zero-order chi connectivity index (χ0) is 15.1. The Morgan fingerprint density at radius 3 is 2.57 bits per heavy atom. The number of hydrogen-bond acceptors (Lipinski definition) is 2. The van der Waals surface area contributed by atoms with Crippen molar-refractivity contribution < 1.29 is 14.2 Å². The molecule has 1 N–H and O–H groups in total. The first-order valence-electron chi connectivity index (χ1n) is 6.45. The number of aliphatic hydroxyl groups excluding tert-OH is 1. The highest BCUT2D eigenvalue weighted by Gasteiger charge is 2.02. The van der Waals surface area contributed by atoms with E-state index < -0.39 is 5.82 Å². The van der Waals surface area contributed by atoms with Gasteiger partial charge in [0.1, 0.15) is 18.2 Å². The molecule has 0 bridgehead atoms. The Balaban J connectivity index is 1.94. The van der Waals surface area contributed by atoms with Crippen LogP contribution in [0.5, 0.6) is 5.75 Å². The van der Waals surface area contributed by atoms with E-state index in [0.717, 1.165) is 11.1 Å². The Morgan fingerprint density at radius 1 is 1.14 bits per heavy atom. The van der Waals surface area contributed by atoms with Crippen LogP contribution in [0.3, 0.4) is 0 Å². The van der Waals surface area contributed by atoms with Gasteiger partial charge in [-0.1, -0.05) is 35.6 Å². The van der Waals surface area contributed by atoms with Gasteiger partial charge in [-0.05, 0) is 29.8 Å². The molecule has 108 valence electrons. The van der Waals surface area contributed by atoms with Gasteiger partial charge in [0.25, 0.3) is 0 Å². The Hall–Kier alpha value is -2.02. The van der Waals surface area contributed by atoms with Crippen molar-refractivity contribution in [2.24, 2.45) is 0 Å². The summed E-state index contributed by atoms with van der Waals surface area (Å²) in [6.07, 6.45) is 0.468. The van der Waals surface area contributed by atoms with E-state index in [1.54, 1.807) is 0 Å². The topological polar surface area (TPSA) is 29.5 Å². The van der Waals surface area contributed by atoms with Crippen molar-refractivity contribution >= 4 is 11.6 Å². The van der Waals surface area contributed by atoms with Gasteiger partial charge in [0.2, 0.25) is 0 Å². The number of hydrogen-bond donors (Lipinski definition) is 1. The van der Waals surface area contributed by atoms with E-state index >= 15 is 0 Å². The van der Waals surface area contributed by atoms with Crippen LogP contribution in [0.2, 0.25) is 5.02 Å². The number of benzene rings is 2. The van der Waals surface area contributed by atoms with Crippen molar-refractivity contribution in [3.05, 3.63) is 64.4 Å². The highest BCUT2D eigenvalue weighted by molar-refractivity contribution is 6.30. The van der Waals surface area contributed by atoms with Crippen LogP contribution in [0, 0.1) is 17.7 Å². The molecule has 0 saturated heterocycles. The molecule has 0 atom stereocenters. The van der Waals surface area contributed by atoms with Crippen LogP contribution in [-0.4, -0.2) is 11.7 Å². The molecule has 0 aliphatic heterocycles. The molecule has 0 amide bonds. The van der Waals surface area contributed by atoms with E-state index in [-0.39, 0.29) is 11.6 Å². The van der Waals surface area contributed by atoms with Crippen LogP contribution in [0.25, 0.3) is 0 Å². The lowest BCUT2D eigenvalue weighted by Gasteiger charge is -2.07. The average Bonchev–Trinajstić information content (AvgIpc) is 2.50. The summed E-state index contributed by atoms with van der Waals surface area (Å²) in [4.78, 5) is 0. The van der Waals surface area contributed by atoms with Gasteiger partial charge >= 0.3 is 0 Å². The van der Waals surface area contributed by atoms with Gasteiger partial charge in [0, 0.05) is 18.1 Å². The molecule has 0 aliphatic rings. The minimum atomic E-state index is -0.463. The lowest BCUT2D eigenvalue weighted by Crippen LogP contribution is -1.95. The Bertz CT molecular complexity index is 657. The fourth-order valence-electron chi connectivity index (χ4n) is 1.64. The van der Waals surface area contributed by atoms with E-state index in [2.05, 4.69) is 11.8 Å². The van der Waals surface area contributed by atoms with E-state index in [9.17, 15) is 4.39 Å². The number of aliphatic hydroxyl groups is 1. The van der Waals surface area contributed by atoms with Gasteiger partial charge in [0.05, 0.1) is 11.6 Å². The molecule has 0 spiro atoms. The van der Waals surface area contributed by atoms with E-state index in [1.807, 2.05) is 24.3 Å². The zero-order valence-corrected chi connectivity index (χ0v) is 12.0. The maximum atomic E-state index is 13.0. The van der Waals surface area contributed by atoms with Crippen molar-refractivity contribution in [2.45, 2.75) is 13.0 Å². The Morgan fingerprint density at radius 2 is 1.90 bits per heavy atom. The van der Waals surface area contributed by atoms with E-state index in [0.29, 0.717) is 18.8 Å². The normalized spacial score (nSPS) is 9.86. The van der Waals surface area contributed by atoms with Gasteiger partial charge in [0.15, 0.2) is 0 Å². The summed E-state index contributed by atoms with van der Waals surface area (Å²) < 4.78 is 18.6. The number of ether oxygens (including phenoxy) is 1. The Labute approximate surface area is 128 Å². The zero-order valence-electron chi connectivity index (χ0n) is 11.3. The molecule has 2 nitrogen and oxygen atoms in total. The molecule has 2 rings (SSSR count). The first kappa shape index (κ1) is 15.4. The molecule has 0 saturated carbocycles. The third kappa shape index (κ3) is 4.78. The number of rotatable bonds is 4. The third-order valence-electron chi connectivity index (χ3n) is 2.72. The van der Waals surface area contributed by atoms with Gasteiger partial charge in [-0.15, -0.1) is 0 Å². The number of halogens is 2. The van der Waals surface area contributed by atoms with Crippen LogP contribution in [0.4, 0.5) is 4.39 Å². The highest BCUT2D eigenvalue weighted by atomic mass is 35.5. The molecule has 0 fully saturated rings. The monoisotopic (exact) mass is 304 g/mol. The molecular formula is C17H14ClFO2. The quantitative estimate of drug-likeness (QED) is 0.871.